The van der Waals surface area contributed by atoms with E-state index in [-0.39, 0.29) is 5.58 Å². The number of hydrogen-bond acceptors (Lipinski definition) is 4. The molecule has 0 spiro atoms. The van der Waals surface area contributed by atoms with Crippen molar-refractivity contribution in [2.45, 2.75) is 0 Å². The number of rotatable bonds is 0. The first kappa shape index (κ1) is 7.30. The summed E-state index contributed by atoms with van der Waals surface area (Å²) in [6.45, 7) is 0. The van der Waals surface area contributed by atoms with Gasteiger partial charge in [-0.1, -0.05) is 11.3 Å². The third-order valence-corrected chi connectivity index (χ3v) is 2.19. The van der Waals surface area contributed by atoms with Gasteiger partial charge in [0.25, 0.3) is 0 Å². The average Bonchev–Trinajstić information content (AvgIpc) is 2.30. The van der Waals surface area contributed by atoms with Crippen LogP contribution < -0.4 is 4.94 Å². The molecule has 2 aromatic rings. The minimum atomic E-state index is -0.750. The number of fused-ring (bicyclic) bond motifs is 1. The highest BCUT2D eigenvalue weighted by Crippen LogP contribution is 2.24. The standard InChI is InChI=1S/C7H3FO3S/c8-3-1-6-5(2-4(3)9)11-7(10)12-6/h1-2,9H. The normalized spacial score (nSPS) is 10.8. The largest absolute Gasteiger partial charge is 0.505 e. The minimum absolute atomic E-state index is 0.212. The summed E-state index contributed by atoms with van der Waals surface area (Å²) < 4.78 is 17.7. The van der Waals surface area contributed by atoms with Crippen LogP contribution in [-0.4, -0.2) is 5.11 Å². The molecule has 0 aliphatic rings. The molecule has 0 aliphatic carbocycles. The van der Waals surface area contributed by atoms with Crippen molar-refractivity contribution in [1.29, 1.82) is 0 Å². The Balaban J connectivity index is 2.92. The van der Waals surface area contributed by atoms with Gasteiger partial charge in [0.2, 0.25) is 0 Å². The molecule has 0 saturated carbocycles. The quantitative estimate of drug-likeness (QED) is 0.681. The zero-order valence-electron chi connectivity index (χ0n) is 5.70. The van der Waals surface area contributed by atoms with Gasteiger partial charge in [-0.3, -0.25) is 0 Å². The number of halogens is 1. The van der Waals surface area contributed by atoms with E-state index in [0.29, 0.717) is 4.70 Å². The molecule has 1 N–H and O–H groups in total. The number of benzene rings is 1. The van der Waals surface area contributed by atoms with Gasteiger partial charge in [-0.15, -0.1) is 0 Å². The van der Waals surface area contributed by atoms with E-state index >= 15 is 0 Å². The molecule has 5 heteroatoms. The molecule has 0 bridgehead atoms. The Morgan fingerprint density at radius 3 is 3.00 bits per heavy atom. The van der Waals surface area contributed by atoms with Gasteiger partial charge in [-0.05, 0) is 6.07 Å². The summed E-state index contributed by atoms with van der Waals surface area (Å²) in [6, 6.07) is 2.16. The maximum atomic E-state index is 12.7. The fourth-order valence-electron chi connectivity index (χ4n) is 0.884. The molecule has 0 unspecified atom stereocenters. The van der Waals surface area contributed by atoms with Crippen molar-refractivity contribution >= 4 is 21.6 Å². The molecule has 1 aromatic carbocycles. The van der Waals surface area contributed by atoms with Crippen molar-refractivity contribution in [3.05, 3.63) is 27.7 Å². The van der Waals surface area contributed by atoms with Gasteiger partial charge < -0.3 is 9.52 Å². The van der Waals surface area contributed by atoms with Gasteiger partial charge in [-0.2, -0.15) is 0 Å². The first-order valence-corrected chi connectivity index (χ1v) is 3.90. The highest BCUT2D eigenvalue weighted by Gasteiger charge is 2.07. The highest BCUT2D eigenvalue weighted by atomic mass is 32.1. The van der Waals surface area contributed by atoms with Gasteiger partial charge in [0.1, 0.15) is 0 Å². The number of phenolic OH excluding ortho intramolecular Hbond substituents is 1. The zero-order chi connectivity index (χ0) is 8.72. The Morgan fingerprint density at radius 1 is 1.50 bits per heavy atom. The van der Waals surface area contributed by atoms with Gasteiger partial charge >= 0.3 is 4.94 Å². The van der Waals surface area contributed by atoms with Crippen LogP contribution in [0.5, 0.6) is 5.75 Å². The van der Waals surface area contributed by atoms with Crippen molar-refractivity contribution in [3.63, 3.8) is 0 Å². The lowest BCUT2D eigenvalue weighted by molar-refractivity contribution is 0.432. The van der Waals surface area contributed by atoms with E-state index < -0.39 is 16.5 Å². The van der Waals surface area contributed by atoms with E-state index in [2.05, 4.69) is 4.42 Å². The molecular formula is C7H3FO3S. The molecule has 3 nitrogen and oxygen atoms in total. The maximum Gasteiger partial charge on any atom is 0.396 e. The molecule has 2 rings (SSSR count). The van der Waals surface area contributed by atoms with Crippen LogP contribution in [0.15, 0.2) is 21.3 Å². The summed E-state index contributed by atoms with van der Waals surface area (Å²) in [5, 5.41) is 8.89. The SMILES string of the molecule is O=c1oc2cc(O)c(F)cc2s1. The molecule has 0 saturated heterocycles. The second-order valence-electron chi connectivity index (χ2n) is 2.20. The second kappa shape index (κ2) is 2.31. The summed E-state index contributed by atoms with van der Waals surface area (Å²) in [4.78, 5) is 10.2. The molecule has 0 aliphatic heterocycles. The maximum absolute atomic E-state index is 12.7. The van der Waals surface area contributed by atoms with E-state index in [4.69, 9.17) is 5.11 Å². The molecule has 0 fully saturated rings. The minimum Gasteiger partial charge on any atom is -0.505 e. The Hall–Kier alpha value is -1.36. The second-order valence-corrected chi connectivity index (χ2v) is 3.18. The predicted molar refractivity (Wildman–Crippen MR) is 42.0 cm³/mol. The number of aromatic hydroxyl groups is 1. The van der Waals surface area contributed by atoms with E-state index in [9.17, 15) is 9.18 Å². The van der Waals surface area contributed by atoms with Gasteiger partial charge in [0.05, 0.1) is 4.70 Å². The first-order valence-electron chi connectivity index (χ1n) is 3.09. The highest BCUT2D eigenvalue weighted by molar-refractivity contribution is 7.16. The van der Waals surface area contributed by atoms with Crippen LogP contribution in [0.2, 0.25) is 0 Å². The zero-order valence-corrected chi connectivity index (χ0v) is 6.52. The number of phenols is 1. The number of hydrogen-bond donors (Lipinski definition) is 1. The first-order chi connectivity index (χ1) is 5.66. The summed E-state index contributed by atoms with van der Waals surface area (Å²) in [6.07, 6.45) is 0. The average molecular weight is 186 g/mol. The van der Waals surface area contributed by atoms with Gasteiger partial charge in [-0.25, -0.2) is 9.18 Å². The van der Waals surface area contributed by atoms with Gasteiger partial charge in [0, 0.05) is 6.07 Å². The topological polar surface area (TPSA) is 50.4 Å². The summed E-state index contributed by atoms with van der Waals surface area (Å²) >= 11 is 0.802. The van der Waals surface area contributed by atoms with Crippen LogP contribution in [0.1, 0.15) is 0 Å². The third-order valence-electron chi connectivity index (χ3n) is 1.40. The van der Waals surface area contributed by atoms with E-state index in [1.54, 1.807) is 0 Å². The van der Waals surface area contributed by atoms with Crippen LogP contribution in [0.4, 0.5) is 4.39 Å². The summed E-state index contributed by atoms with van der Waals surface area (Å²) in [5.74, 6) is -1.26. The van der Waals surface area contributed by atoms with E-state index in [0.717, 1.165) is 23.5 Å². The molecule has 1 heterocycles. The van der Waals surface area contributed by atoms with E-state index in [1.807, 2.05) is 0 Å². The summed E-state index contributed by atoms with van der Waals surface area (Å²) in [5.41, 5.74) is 0.212. The fraction of sp³-hybridized carbons (Fsp3) is 0. The Kier molecular flexibility index (Phi) is 1.41. The lowest BCUT2D eigenvalue weighted by Gasteiger charge is -1.91. The van der Waals surface area contributed by atoms with Crippen LogP contribution in [-0.2, 0) is 0 Å². The Bertz CT molecular complexity index is 443. The monoisotopic (exact) mass is 186 g/mol. The lowest BCUT2D eigenvalue weighted by Crippen LogP contribution is -1.79. The Morgan fingerprint density at radius 2 is 2.25 bits per heavy atom. The molecule has 62 valence electrons. The molecule has 0 amide bonds. The van der Waals surface area contributed by atoms with Crippen molar-refractivity contribution in [1.82, 2.24) is 0 Å². The van der Waals surface area contributed by atoms with Crippen LogP contribution in [0, 0.1) is 5.82 Å². The van der Waals surface area contributed by atoms with Crippen LogP contribution in [0.3, 0.4) is 0 Å². The molecule has 0 radical (unpaired) electrons. The molecule has 0 atom stereocenters. The van der Waals surface area contributed by atoms with Crippen LogP contribution >= 0.6 is 11.3 Å². The van der Waals surface area contributed by atoms with Crippen molar-refractivity contribution in [3.8, 4) is 5.75 Å². The van der Waals surface area contributed by atoms with Crippen molar-refractivity contribution < 1.29 is 13.9 Å². The summed E-state index contributed by atoms with van der Waals surface area (Å²) in [7, 11) is 0. The predicted octanol–water partition coefficient (Wildman–Crippen LogP) is 1.70. The van der Waals surface area contributed by atoms with Gasteiger partial charge in [0.15, 0.2) is 17.1 Å². The van der Waals surface area contributed by atoms with E-state index in [1.165, 1.54) is 0 Å². The smallest absolute Gasteiger partial charge is 0.396 e. The third kappa shape index (κ3) is 0.984. The molecule has 1 aromatic heterocycles. The Labute approximate surface area is 69.7 Å². The van der Waals surface area contributed by atoms with Crippen molar-refractivity contribution in [2.75, 3.05) is 0 Å². The molecular weight excluding hydrogens is 183 g/mol. The molecule has 12 heavy (non-hydrogen) atoms. The fourth-order valence-corrected chi connectivity index (χ4v) is 1.56. The van der Waals surface area contributed by atoms with Crippen molar-refractivity contribution in [2.24, 2.45) is 0 Å². The lowest BCUT2D eigenvalue weighted by atomic mass is 10.3. The van der Waals surface area contributed by atoms with Crippen LogP contribution in [0.25, 0.3) is 10.3 Å².